The maximum Gasteiger partial charge on any atom is 0.240 e. The fourth-order valence-electron chi connectivity index (χ4n) is 4.49. The Balaban J connectivity index is 1.87. The van der Waals surface area contributed by atoms with E-state index in [1.165, 1.54) is 22.4 Å². The predicted octanol–water partition coefficient (Wildman–Crippen LogP) is 4.99. The number of hydrogen-bond donors (Lipinski definition) is 1. The molecule has 0 saturated heterocycles. The molecule has 1 aliphatic rings. The molecule has 1 fully saturated rings. The van der Waals surface area contributed by atoms with Crippen LogP contribution in [0.5, 0.6) is 0 Å². The van der Waals surface area contributed by atoms with E-state index in [9.17, 15) is 8.42 Å². The number of nitrogens with one attached hydrogen (secondary N) is 1. The lowest BCUT2D eigenvalue weighted by Gasteiger charge is -2.40. The van der Waals surface area contributed by atoms with Gasteiger partial charge in [0.15, 0.2) is 0 Å². The molecule has 2 aromatic rings. The van der Waals surface area contributed by atoms with E-state index in [-0.39, 0.29) is 17.0 Å². The molecule has 0 unspecified atom stereocenters. The summed E-state index contributed by atoms with van der Waals surface area (Å²) in [6, 6.07) is 10.7. The minimum Gasteiger partial charge on any atom is -0.370 e. The highest BCUT2D eigenvalue weighted by Crippen LogP contribution is 2.32. The van der Waals surface area contributed by atoms with Crippen LogP contribution in [-0.4, -0.2) is 27.5 Å². The van der Waals surface area contributed by atoms with Crippen molar-refractivity contribution < 1.29 is 8.42 Å². The molecule has 1 saturated carbocycles. The molecule has 2 atom stereocenters. The van der Waals surface area contributed by atoms with Gasteiger partial charge < -0.3 is 4.90 Å². The Hall–Kier alpha value is -1.56. The number of rotatable bonds is 5. The van der Waals surface area contributed by atoms with E-state index < -0.39 is 10.0 Å². The molecular weight excluding hydrogens is 392 g/mol. The summed E-state index contributed by atoms with van der Waals surface area (Å²) in [4.78, 5) is 2.53. The molecule has 1 aliphatic carbocycles. The van der Waals surface area contributed by atoms with Crippen LogP contribution in [0.3, 0.4) is 0 Å². The van der Waals surface area contributed by atoms with Gasteiger partial charge in [-0.25, -0.2) is 13.1 Å². The summed E-state index contributed by atoms with van der Waals surface area (Å²) in [5.41, 5.74) is 4.90. The van der Waals surface area contributed by atoms with Gasteiger partial charge in [-0.2, -0.15) is 0 Å². The number of halogens is 1. The molecule has 0 bridgehead atoms. The number of benzene rings is 2. The van der Waals surface area contributed by atoms with Crippen LogP contribution in [0.25, 0.3) is 0 Å². The minimum absolute atomic E-state index is 0.121. The molecule has 0 aromatic heterocycles. The topological polar surface area (TPSA) is 49.4 Å². The van der Waals surface area contributed by atoms with E-state index in [0.29, 0.717) is 5.02 Å². The van der Waals surface area contributed by atoms with Crippen LogP contribution in [-0.2, 0) is 10.0 Å². The average Bonchev–Trinajstić information content (AvgIpc) is 2.61. The first-order valence-electron chi connectivity index (χ1n) is 9.77. The first-order valence-corrected chi connectivity index (χ1v) is 11.6. The second-order valence-electron chi connectivity index (χ2n) is 7.89. The Morgan fingerprint density at radius 1 is 1.00 bits per heavy atom. The highest BCUT2D eigenvalue weighted by atomic mass is 35.5. The molecule has 152 valence electrons. The smallest absolute Gasteiger partial charge is 0.240 e. The zero-order valence-electron chi connectivity index (χ0n) is 17.0. The monoisotopic (exact) mass is 420 g/mol. The second-order valence-corrected chi connectivity index (χ2v) is 10.0. The summed E-state index contributed by atoms with van der Waals surface area (Å²) in [5.74, 6) is 0. The largest absolute Gasteiger partial charge is 0.370 e. The molecule has 0 amide bonds. The van der Waals surface area contributed by atoms with Gasteiger partial charge >= 0.3 is 0 Å². The van der Waals surface area contributed by atoms with Gasteiger partial charge in [-0.05, 0) is 69.0 Å². The van der Waals surface area contributed by atoms with Crippen molar-refractivity contribution in [3.05, 3.63) is 58.1 Å². The molecule has 3 rings (SSSR count). The summed E-state index contributed by atoms with van der Waals surface area (Å²) in [6.07, 6.45) is 3.95. The van der Waals surface area contributed by atoms with Gasteiger partial charge in [0, 0.05) is 29.8 Å². The van der Waals surface area contributed by atoms with E-state index in [2.05, 4.69) is 49.6 Å². The first kappa shape index (κ1) is 21.2. The van der Waals surface area contributed by atoms with Crippen molar-refractivity contribution in [2.24, 2.45) is 0 Å². The molecule has 0 spiro atoms. The van der Waals surface area contributed by atoms with Crippen molar-refractivity contribution in [3.8, 4) is 0 Å². The summed E-state index contributed by atoms with van der Waals surface area (Å²) in [5, 5.41) is 0.527. The van der Waals surface area contributed by atoms with Gasteiger partial charge in [-0.1, -0.05) is 42.1 Å². The molecule has 0 aliphatic heterocycles. The van der Waals surface area contributed by atoms with E-state index in [1.54, 1.807) is 24.3 Å². The van der Waals surface area contributed by atoms with Crippen LogP contribution in [0.4, 0.5) is 5.69 Å². The summed E-state index contributed by atoms with van der Waals surface area (Å²) in [6.45, 7) is 6.36. The Kier molecular flexibility index (Phi) is 6.37. The van der Waals surface area contributed by atoms with Crippen LogP contribution < -0.4 is 9.62 Å². The van der Waals surface area contributed by atoms with Crippen LogP contribution in [0.2, 0.25) is 5.02 Å². The van der Waals surface area contributed by atoms with Crippen molar-refractivity contribution in [3.63, 3.8) is 0 Å². The highest BCUT2D eigenvalue weighted by molar-refractivity contribution is 7.89. The maximum atomic E-state index is 12.9. The third-order valence-corrected chi connectivity index (χ3v) is 7.40. The number of hydrogen-bond acceptors (Lipinski definition) is 3. The Labute approximate surface area is 174 Å². The number of nitrogens with zero attached hydrogens (tertiary/aromatic N) is 1. The maximum absolute atomic E-state index is 12.9. The molecule has 28 heavy (non-hydrogen) atoms. The quantitative estimate of drug-likeness (QED) is 0.741. The van der Waals surface area contributed by atoms with Crippen molar-refractivity contribution in [2.45, 2.75) is 63.4 Å². The standard InChI is InChI=1S/C22H29ClN2O2S/c1-15-13-16(2)22(17(3)14-15)25(4)21-8-6-5-7-20(21)24-28(26,27)19-11-9-18(23)10-12-19/h9-14,20-21,24H,5-8H2,1-4H3/t20-,21-/m0/s1. The molecule has 0 heterocycles. The van der Waals surface area contributed by atoms with Gasteiger partial charge in [0.25, 0.3) is 0 Å². The van der Waals surface area contributed by atoms with Gasteiger partial charge in [0.1, 0.15) is 0 Å². The summed E-state index contributed by atoms with van der Waals surface area (Å²) < 4.78 is 28.8. The molecular formula is C22H29ClN2O2S. The van der Waals surface area contributed by atoms with Crippen LogP contribution in [0.1, 0.15) is 42.4 Å². The Morgan fingerprint density at radius 2 is 1.57 bits per heavy atom. The number of anilines is 1. The Morgan fingerprint density at radius 3 is 2.18 bits per heavy atom. The summed E-state index contributed by atoms with van der Waals surface area (Å²) >= 11 is 5.90. The normalized spacial score (nSPS) is 20.2. The zero-order valence-corrected chi connectivity index (χ0v) is 18.6. The number of sulfonamides is 1. The van der Waals surface area contributed by atoms with Crippen LogP contribution in [0, 0.1) is 20.8 Å². The van der Waals surface area contributed by atoms with Gasteiger partial charge in [-0.15, -0.1) is 0 Å². The van der Waals surface area contributed by atoms with E-state index >= 15 is 0 Å². The lowest BCUT2D eigenvalue weighted by Crippen LogP contribution is -2.52. The fraction of sp³-hybridized carbons (Fsp3) is 0.455. The fourth-order valence-corrected chi connectivity index (χ4v) is 5.92. The highest BCUT2D eigenvalue weighted by Gasteiger charge is 2.33. The van der Waals surface area contributed by atoms with Crippen molar-refractivity contribution >= 4 is 27.3 Å². The Bertz CT molecular complexity index is 919. The third kappa shape index (κ3) is 4.53. The summed E-state index contributed by atoms with van der Waals surface area (Å²) in [7, 11) is -1.50. The molecule has 6 heteroatoms. The van der Waals surface area contributed by atoms with Gasteiger partial charge in [0.05, 0.1) is 4.90 Å². The van der Waals surface area contributed by atoms with E-state index in [4.69, 9.17) is 11.6 Å². The average molecular weight is 421 g/mol. The zero-order chi connectivity index (χ0) is 20.5. The second kappa shape index (κ2) is 8.44. The van der Waals surface area contributed by atoms with Crippen LogP contribution in [0.15, 0.2) is 41.3 Å². The van der Waals surface area contributed by atoms with Crippen molar-refractivity contribution in [1.29, 1.82) is 0 Å². The SMILES string of the molecule is Cc1cc(C)c(N(C)[C@H]2CCCC[C@@H]2NS(=O)(=O)c2ccc(Cl)cc2)c(C)c1. The van der Waals surface area contributed by atoms with Crippen molar-refractivity contribution in [1.82, 2.24) is 4.72 Å². The molecule has 1 N–H and O–H groups in total. The number of aryl methyl sites for hydroxylation is 3. The van der Waals surface area contributed by atoms with Crippen LogP contribution >= 0.6 is 11.6 Å². The molecule has 0 radical (unpaired) electrons. The lowest BCUT2D eigenvalue weighted by atomic mass is 9.89. The first-order chi connectivity index (χ1) is 13.2. The third-order valence-electron chi connectivity index (χ3n) is 5.65. The van der Waals surface area contributed by atoms with E-state index in [1.807, 2.05) is 0 Å². The minimum atomic E-state index is -3.59. The lowest BCUT2D eigenvalue weighted by molar-refractivity contribution is 0.351. The predicted molar refractivity (Wildman–Crippen MR) is 117 cm³/mol. The van der Waals surface area contributed by atoms with Crippen molar-refractivity contribution in [2.75, 3.05) is 11.9 Å². The molecule has 2 aromatic carbocycles. The number of likely N-dealkylation sites (N-methyl/N-ethyl adjacent to an activating group) is 1. The van der Waals surface area contributed by atoms with Gasteiger partial charge in [-0.3, -0.25) is 0 Å². The van der Waals surface area contributed by atoms with E-state index in [0.717, 1.165) is 25.7 Å². The molecule has 4 nitrogen and oxygen atoms in total. The van der Waals surface area contributed by atoms with Gasteiger partial charge in [0.2, 0.25) is 10.0 Å².